The zero-order valence-electron chi connectivity index (χ0n) is 15.5. The monoisotopic (exact) mass is 337 g/mol. The van der Waals surface area contributed by atoms with Crippen molar-refractivity contribution in [2.75, 3.05) is 5.32 Å². The van der Waals surface area contributed by atoms with Crippen LogP contribution < -0.4 is 5.32 Å². The Hall–Kier alpha value is -2.10. The molecule has 0 radical (unpaired) electrons. The third kappa shape index (κ3) is 2.50. The molecule has 2 bridgehead atoms. The summed E-state index contributed by atoms with van der Waals surface area (Å²) in [7, 11) is 1.86. The molecule has 1 fully saturated rings. The molecule has 4 nitrogen and oxygen atoms in total. The fraction of sp³-hybridized carbons (Fsp3) is 0.524. The predicted octanol–water partition coefficient (Wildman–Crippen LogP) is 4.48. The number of aryl methyl sites for hydroxylation is 2. The molecule has 1 aromatic heterocycles. The number of fused-ring (bicyclic) bond motifs is 5. The van der Waals surface area contributed by atoms with E-state index in [4.69, 9.17) is 0 Å². The lowest BCUT2D eigenvalue weighted by atomic mass is 9.85. The quantitative estimate of drug-likeness (QED) is 0.894. The van der Waals surface area contributed by atoms with E-state index in [9.17, 15) is 4.79 Å². The first-order valence-electron chi connectivity index (χ1n) is 9.48. The molecule has 4 heteroatoms. The second-order valence-electron chi connectivity index (χ2n) is 7.89. The number of anilines is 1. The minimum Gasteiger partial charge on any atom is -0.322 e. The first kappa shape index (κ1) is 16.4. The highest BCUT2D eigenvalue weighted by atomic mass is 16.1. The van der Waals surface area contributed by atoms with Crippen LogP contribution >= 0.6 is 0 Å². The van der Waals surface area contributed by atoms with Crippen molar-refractivity contribution < 1.29 is 4.79 Å². The van der Waals surface area contributed by atoms with Gasteiger partial charge in [-0.3, -0.25) is 9.48 Å². The number of benzene rings is 1. The SMILES string of the molecule is CCc1nn(C)cc1C(=O)Nc1cccc2c1C1CCC2C1C(C)C. The molecule has 0 spiro atoms. The molecule has 2 aliphatic rings. The van der Waals surface area contributed by atoms with Gasteiger partial charge in [-0.05, 0) is 60.1 Å². The van der Waals surface area contributed by atoms with Gasteiger partial charge in [0.1, 0.15) is 0 Å². The van der Waals surface area contributed by atoms with Crippen LogP contribution in [0, 0.1) is 11.8 Å². The van der Waals surface area contributed by atoms with Crippen molar-refractivity contribution in [1.29, 1.82) is 0 Å². The van der Waals surface area contributed by atoms with E-state index in [2.05, 4.69) is 42.5 Å². The van der Waals surface area contributed by atoms with Crippen molar-refractivity contribution in [3.05, 3.63) is 46.8 Å². The van der Waals surface area contributed by atoms with Gasteiger partial charge in [0.05, 0.1) is 11.3 Å². The fourth-order valence-electron chi connectivity index (χ4n) is 5.26. The Bertz CT molecular complexity index is 821. The summed E-state index contributed by atoms with van der Waals surface area (Å²) in [5.74, 6) is 2.62. The molecular formula is C21H27N3O. The highest BCUT2D eigenvalue weighted by Gasteiger charge is 2.47. The van der Waals surface area contributed by atoms with E-state index in [0.717, 1.165) is 23.7 Å². The molecule has 2 aliphatic carbocycles. The molecule has 4 rings (SSSR count). The average Bonchev–Trinajstić information content (AvgIpc) is 3.26. The van der Waals surface area contributed by atoms with Gasteiger partial charge in [-0.15, -0.1) is 0 Å². The third-order valence-electron chi connectivity index (χ3n) is 6.13. The Kier molecular flexibility index (Phi) is 3.94. The minimum absolute atomic E-state index is 0.0396. The van der Waals surface area contributed by atoms with Gasteiger partial charge in [0.15, 0.2) is 0 Å². The maximum absolute atomic E-state index is 12.9. The average molecular weight is 337 g/mol. The van der Waals surface area contributed by atoms with Crippen LogP contribution in [0.3, 0.4) is 0 Å². The number of hydrogen-bond acceptors (Lipinski definition) is 2. The maximum Gasteiger partial charge on any atom is 0.259 e. The zero-order valence-corrected chi connectivity index (χ0v) is 15.5. The molecule has 1 saturated carbocycles. The van der Waals surface area contributed by atoms with Crippen LogP contribution in [0.15, 0.2) is 24.4 Å². The van der Waals surface area contributed by atoms with E-state index in [1.807, 2.05) is 20.2 Å². The first-order chi connectivity index (χ1) is 12.0. The smallest absolute Gasteiger partial charge is 0.259 e. The summed E-state index contributed by atoms with van der Waals surface area (Å²) in [6.45, 7) is 6.71. The van der Waals surface area contributed by atoms with E-state index in [1.165, 1.54) is 24.0 Å². The zero-order chi connectivity index (χ0) is 17.7. The molecule has 1 amide bonds. The van der Waals surface area contributed by atoms with Gasteiger partial charge < -0.3 is 5.32 Å². The molecule has 1 aromatic carbocycles. The summed E-state index contributed by atoms with van der Waals surface area (Å²) < 4.78 is 1.72. The number of nitrogens with zero attached hydrogens (tertiary/aromatic N) is 2. The normalized spacial score (nSPS) is 24.0. The number of rotatable bonds is 4. The second-order valence-corrected chi connectivity index (χ2v) is 7.89. The van der Waals surface area contributed by atoms with Crippen LogP contribution in [0.4, 0.5) is 5.69 Å². The van der Waals surface area contributed by atoms with E-state index in [1.54, 1.807) is 4.68 Å². The number of carbonyl (C=O) groups is 1. The van der Waals surface area contributed by atoms with Crippen LogP contribution in [-0.4, -0.2) is 15.7 Å². The second kappa shape index (κ2) is 6.01. The van der Waals surface area contributed by atoms with Gasteiger partial charge in [-0.2, -0.15) is 5.10 Å². The topological polar surface area (TPSA) is 46.9 Å². The lowest BCUT2D eigenvalue weighted by Gasteiger charge is -2.21. The van der Waals surface area contributed by atoms with Crippen LogP contribution in [0.25, 0.3) is 0 Å². The largest absolute Gasteiger partial charge is 0.322 e. The van der Waals surface area contributed by atoms with Crippen molar-refractivity contribution in [2.45, 2.75) is 51.9 Å². The molecule has 2 aromatic rings. The summed E-state index contributed by atoms with van der Waals surface area (Å²) in [6.07, 6.45) is 5.12. The number of amides is 1. The molecule has 1 N–H and O–H groups in total. The van der Waals surface area contributed by atoms with Gasteiger partial charge in [-0.1, -0.05) is 32.9 Å². The summed E-state index contributed by atoms with van der Waals surface area (Å²) in [4.78, 5) is 12.9. The number of carbonyl (C=O) groups excluding carboxylic acids is 1. The molecule has 25 heavy (non-hydrogen) atoms. The van der Waals surface area contributed by atoms with Gasteiger partial charge in [-0.25, -0.2) is 0 Å². The number of nitrogens with one attached hydrogen (secondary N) is 1. The fourth-order valence-corrected chi connectivity index (χ4v) is 5.26. The van der Waals surface area contributed by atoms with E-state index in [0.29, 0.717) is 23.3 Å². The Morgan fingerprint density at radius 1 is 1.32 bits per heavy atom. The Morgan fingerprint density at radius 3 is 2.80 bits per heavy atom. The summed E-state index contributed by atoms with van der Waals surface area (Å²) in [5, 5.41) is 7.59. The minimum atomic E-state index is -0.0396. The van der Waals surface area contributed by atoms with E-state index >= 15 is 0 Å². The molecule has 1 heterocycles. The maximum atomic E-state index is 12.9. The van der Waals surface area contributed by atoms with Crippen molar-refractivity contribution in [3.8, 4) is 0 Å². The highest BCUT2D eigenvalue weighted by Crippen LogP contribution is 2.61. The first-order valence-corrected chi connectivity index (χ1v) is 9.48. The lowest BCUT2D eigenvalue weighted by molar-refractivity contribution is 0.102. The number of aromatic nitrogens is 2. The predicted molar refractivity (Wildman–Crippen MR) is 100 cm³/mol. The third-order valence-corrected chi connectivity index (χ3v) is 6.13. The summed E-state index contributed by atoms with van der Waals surface area (Å²) >= 11 is 0. The molecular weight excluding hydrogens is 310 g/mol. The molecule has 132 valence electrons. The Balaban J connectivity index is 1.67. The van der Waals surface area contributed by atoms with Gasteiger partial charge in [0.2, 0.25) is 0 Å². The van der Waals surface area contributed by atoms with Crippen molar-refractivity contribution in [3.63, 3.8) is 0 Å². The molecule has 3 atom stereocenters. The van der Waals surface area contributed by atoms with Crippen molar-refractivity contribution >= 4 is 11.6 Å². The Labute approximate surface area is 149 Å². The molecule has 0 saturated heterocycles. The summed E-state index contributed by atoms with van der Waals surface area (Å²) in [5.41, 5.74) is 5.41. The number of hydrogen-bond donors (Lipinski definition) is 1. The van der Waals surface area contributed by atoms with E-state index in [-0.39, 0.29) is 5.91 Å². The van der Waals surface area contributed by atoms with Crippen molar-refractivity contribution in [2.24, 2.45) is 18.9 Å². The Morgan fingerprint density at radius 2 is 2.08 bits per heavy atom. The van der Waals surface area contributed by atoms with Gasteiger partial charge >= 0.3 is 0 Å². The summed E-state index contributed by atoms with van der Waals surface area (Å²) in [6, 6.07) is 6.43. The van der Waals surface area contributed by atoms with Gasteiger partial charge in [0.25, 0.3) is 5.91 Å². The van der Waals surface area contributed by atoms with Crippen LogP contribution in [-0.2, 0) is 13.5 Å². The van der Waals surface area contributed by atoms with E-state index < -0.39 is 0 Å². The highest BCUT2D eigenvalue weighted by molar-refractivity contribution is 6.05. The molecule has 3 unspecified atom stereocenters. The lowest BCUT2D eigenvalue weighted by Crippen LogP contribution is -2.16. The van der Waals surface area contributed by atoms with Crippen LogP contribution in [0.2, 0.25) is 0 Å². The molecule has 0 aliphatic heterocycles. The van der Waals surface area contributed by atoms with Crippen molar-refractivity contribution in [1.82, 2.24) is 9.78 Å². The van der Waals surface area contributed by atoms with Crippen LogP contribution in [0.1, 0.15) is 72.6 Å². The van der Waals surface area contributed by atoms with Gasteiger partial charge in [0, 0.05) is 18.9 Å². The van der Waals surface area contributed by atoms with Crippen LogP contribution in [0.5, 0.6) is 0 Å². The standard InChI is InChI=1S/C21H27N3O/c1-5-17-16(11-24(4)23-17)21(25)22-18-8-6-7-13-14-9-10-15(20(13)18)19(14)12(2)3/h6-8,11-12,14-15,19H,5,9-10H2,1-4H3,(H,22,25).